The third kappa shape index (κ3) is 3.31. The van der Waals surface area contributed by atoms with Gasteiger partial charge in [-0.1, -0.05) is 27.1 Å². The number of hydrogen-bond donors (Lipinski definition) is 0. The van der Waals surface area contributed by atoms with Crippen molar-refractivity contribution in [2.24, 2.45) is 23.7 Å². The number of Topliss-reactive ketones (excluding diaryl/α,β-unsaturated/α-hetero) is 1. The molecule has 0 saturated heterocycles. The molecule has 0 radical (unpaired) electrons. The van der Waals surface area contributed by atoms with Crippen molar-refractivity contribution in [2.45, 2.75) is 62.4 Å². The van der Waals surface area contributed by atoms with Crippen molar-refractivity contribution in [3.05, 3.63) is 39.9 Å². The Bertz CT molecular complexity index is 922. The third-order valence-electron chi connectivity index (χ3n) is 7.52. The lowest BCUT2D eigenvalue weighted by atomic mass is 9.80. The summed E-state index contributed by atoms with van der Waals surface area (Å²) in [5.74, 6) is 2.59. The zero-order valence-corrected chi connectivity index (χ0v) is 18.2. The van der Waals surface area contributed by atoms with Crippen LogP contribution in [0.1, 0.15) is 51.4 Å². The van der Waals surface area contributed by atoms with Crippen LogP contribution in [0.2, 0.25) is 0 Å². The third-order valence-corrected chi connectivity index (χ3v) is 9.40. The van der Waals surface area contributed by atoms with E-state index in [1.807, 2.05) is 0 Å². The average molecular weight is 465 g/mol. The molecule has 0 unspecified atom stereocenters. The van der Waals surface area contributed by atoms with E-state index in [2.05, 4.69) is 15.9 Å². The fourth-order valence-electron chi connectivity index (χ4n) is 6.21. The summed E-state index contributed by atoms with van der Waals surface area (Å²) in [4.78, 5) is 11.8. The number of carbonyl (C=O) groups excluding carboxylic acids is 1. The maximum absolute atomic E-state index is 12.7. The quantitative estimate of drug-likeness (QED) is 0.464. The van der Waals surface area contributed by atoms with Gasteiger partial charge in [0, 0.05) is 17.3 Å². The van der Waals surface area contributed by atoms with Gasteiger partial charge in [0.25, 0.3) is 10.1 Å². The van der Waals surface area contributed by atoms with Gasteiger partial charge in [0.1, 0.15) is 5.78 Å². The van der Waals surface area contributed by atoms with Crippen LogP contribution in [0, 0.1) is 23.7 Å². The summed E-state index contributed by atoms with van der Waals surface area (Å²) in [6, 6.07) is 6.66. The standard InChI is InChI=1S/C22H25BrO4S/c23-16-3-7-18(8-4-16)28(25,26)27-22-12-15-11-21(22)20-10-14(9-19(15)20)13-1-5-17(24)6-2-13/h3-4,7-8,15,19-22H,1-2,5-6,9-12H2/t15-,19-,20-,21-,22+/m0/s1. The topological polar surface area (TPSA) is 60.4 Å². The Morgan fingerprint density at radius 1 is 0.857 bits per heavy atom. The molecule has 0 heterocycles. The molecule has 2 bridgehead atoms. The van der Waals surface area contributed by atoms with Crippen LogP contribution in [-0.4, -0.2) is 20.3 Å². The zero-order chi connectivity index (χ0) is 19.5. The van der Waals surface area contributed by atoms with Crippen LogP contribution in [-0.2, 0) is 19.1 Å². The highest BCUT2D eigenvalue weighted by molar-refractivity contribution is 9.10. The van der Waals surface area contributed by atoms with E-state index in [1.54, 1.807) is 29.8 Å². The van der Waals surface area contributed by atoms with E-state index in [-0.39, 0.29) is 11.0 Å². The molecule has 4 nitrogen and oxygen atoms in total. The predicted octanol–water partition coefficient (Wildman–Crippen LogP) is 5.03. The van der Waals surface area contributed by atoms with Gasteiger partial charge in [-0.2, -0.15) is 8.42 Å². The maximum atomic E-state index is 12.7. The van der Waals surface area contributed by atoms with E-state index in [9.17, 15) is 13.2 Å². The van der Waals surface area contributed by atoms with Crippen LogP contribution in [0.4, 0.5) is 0 Å². The maximum Gasteiger partial charge on any atom is 0.297 e. The second-order valence-corrected chi connectivity index (χ2v) is 11.4. The molecular formula is C22H25BrO4S. The van der Waals surface area contributed by atoms with Gasteiger partial charge in [0.15, 0.2) is 0 Å². The summed E-state index contributed by atoms with van der Waals surface area (Å²) in [5.41, 5.74) is 3.10. The van der Waals surface area contributed by atoms with E-state index < -0.39 is 10.1 Å². The van der Waals surface area contributed by atoms with Crippen LogP contribution in [0.25, 0.3) is 0 Å². The normalized spacial score (nSPS) is 34.9. The largest absolute Gasteiger partial charge is 0.300 e. The first kappa shape index (κ1) is 19.0. The smallest absolute Gasteiger partial charge is 0.297 e. The fraction of sp³-hybridized carbons (Fsp3) is 0.591. The molecule has 0 spiro atoms. The summed E-state index contributed by atoms with van der Waals surface area (Å²) in [6.45, 7) is 0. The van der Waals surface area contributed by atoms with Crippen LogP contribution >= 0.6 is 15.9 Å². The number of fused-ring (bicyclic) bond motifs is 5. The Kier molecular flexibility index (Phi) is 4.80. The molecule has 5 rings (SSSR count). The number of allylic oxidation sites excluding steroid dienone is 2. The summed E-state index contributed by atoms with van der Waals surface area (Å²) in [5, 5.41) is 0. The molecule has 150 valence electrons. The van der Waals surface area contributed by atoms with Gasteiger partial charge >= 0.3 is 0 Å². The van der Waals surface area contributed by atoms with Gasteiger partial charge in [0.2, 0.25) is 0 Å². The highest BCUT2D eigenvalue weighted by Crippen LogP contribution is 2.61. The highest BCUT2D eigenvalue weighted by Gasteiger charge is 2.56. The highest BCUT2D eigenvalue weighted by atomic mass is 79.9. The number of rotatable bonds is 3. The number of ketones is 1. The Morgan fingerprint density at radius 2 is 1.54 bits per heavy atom. The van der Waals surface area contributed by atoms with Gasteiger partial charge < -0.3 is 0 Å². The minimum Gasteiger partial charge on any atom is -0.300 e. The van der Waals surface area contributed by atoms with Crippen molar-refractivity contribution in [1.29, 1.82) is 0 Å². The first-order valence-corrected chi connectivity index (χ1v) is 12.5. The van der Waals surface area contributed by atoms with Crippen LogP contribution < -0.4 is 0 Å². The van der Waals surface area contributed by atoms with Gasteiger partial charge in [-0.05, 0) is 86.5 Å². The van der Waals surface area contributed by atoms with Crippen molar-refractivity contribution in [1.82, 2.24) is 0 Å². The molecule has 4 aliphatic carbocycles. The number of hydrogen-bond acceptors (Lipinski definition) is 4. The Morgan fingerprint density at radius 3 is 2.25 bits per heavy atom. The second-order valence-electron chi connectivity index (χ2n) is 8.92. The molecule has 5 atom stereocenters. The number of benzene rings is 1. The molecule has 0 N–H and O–H groups in total. The van der Waals surface area contributed by atoms with Crippen molar-refractivity contribution < 1.29 is 17.4 Å². The number of halogens is 1. The van der Waals surface area contributed by atoms with Crippen LogP contribution in [0.15, 0.2) is 44.8 Å². The summed E-state index contributed by atoms with van der Waals surface area (Å²) in [7, 11) is -3.72. The molecule has 0 aliphatic heterocycles. The lowest BCUT2D eigenvalue weighted by Crippen LogP contribution is -2.32. The molecule has 1 aromatic rings. The second kappa shape index (κ2) is 7.06. The monoisotopic (exact) mass is 464 g/mol. The van der Waals surface area contributed by atoms with E-state index in [0.717, 1.165) is 36.6 Å². The zero-order valence-electron chi connectivity index (χ0n) is 15.8. The fourth-order valence-corrected chi connectivity index (χ4v) is 7.61. The van der Waals surface area contributed by atoms with Crippen LogP contribution in [0.5, 0.6) is 0 Å². The van der Waals surface area contributed by atoms with Crippen molar-refractivity contribution in [3.8, 4) is 0 Å². The van der Waals surface area contributed by atoms with Gasteiger partial charge in [0.05, 0.1) is 11.0 Å². The van der Waals surface area contributed by atoms with E-state index >= 15 is 0 Å². The Hall–Kier alpha value is -0.980. The molecule has 0 amide bonds. The predicted molar refractivity (Wildman–Crippen MR) is 109 cm³/mol. The van der Waals surface area contributed by atoms with Crippen molar-refractivity contribution >= 4 is 31.8 Å². The molecule has 6 heteroatoms. The van der Waals surface area contributed by atoms with Crippen LogP contribution in [0.3, 0.4) is 0 Å². The summed E-state index contributed by atoms with van der Waals surface area (Å²) >= 11 is 3.34. The number of carbonyl (C=O) groups is 1. The van der Waals surface area contributed by atoms with E-state index in [1.165, 1.54) is 12.0 Å². The summed E-state index contributed by atoms with van der Waals surface area (Å²) in [6.07, 6.45) is 7.35. The first-order valence-electron chi connectivity index (χ1n) is 10.3. The minimum absolute atomic E-state index is 0.183. The lowest BCUT2D eigenvalue weighted by Gasteiger charge is -2.30. The van der Waals surface area contributed by atoms with E-state index in [0.29, 0.717) is 42.3 Å². The van der Waals surface area contributed by atoms with Gasteiger partial charge in [-0.25, -0.2) is 0 Å². The lowest BCUT2D eigenvalue weighted by molar-refractivity contribution is -0.119. The average Bonchev–Trinajstić information content (AvgIpc) is 3.34. The first-order chi connectivity index (χ1) is 13.4. The van der Waals surface area contributed by atoms with Crippen molar-refractivity contribution in [2.75, 3.05) is 0 Å². The Labute approximate surface area is 175 Å². The SMILES string of the molecule is O=C1CCC(=C2C[C@H]3[C@@H](C2)[C@H]2C[C@@H]3[C@H](OS(=O)(=O)c3ccc(Br)cc3)C2)CC1. The summed E-state index contributed by atoms with van der Waals surface area (Å²) < 4.78 is 32.1. The molecule has 1 aromatic carbocycles. The molecule has 4 aliphatic rings. The van der Waals surface area contributed by atoms with Crippen molar-refractivity contribution in [3.63, 3.8) is 0 Å². The molecule has 0 aromatic heterocycles. The molecule has 4 saturated carbocycles. The molecule has 28 heavy (non-hydrogen) atoms. The van der Waals surface area contributed by atoms with Gasteiger partial charge in [-0.15, -0.1) is 0 Å². The molecular weight excluding hydrogens is 440 g/mol. The van der Waals surface area contributed by atoms with Gasteiger partial charge in [-0.3, -0.25) is 8.98 Å². The minimum atomic E-state index is -3.72. The molecule has 4 fully saturated rings. The Balaban J connectivity index is 1.30. The van der Waals surface area contributed by atoms with E-state index in [4.69, 9.17) is 4.18 Å².